The van der Waals surface area contributed by atoms with Gasteiger partial charge in [0.2, 0.25) is 0 Å². The van der Waals surface area contributed by atoms with Gasteiger partial charge < -0.3 is 5.84 Å². The zero-order chi connectivity index (χ0) is 11.5. The first-order valence-electron chi connectivity index (χ1n) is 6.55. The number of pyridine rings is 1. The summed E-state index contributed by atoms with van der Waals surface area (Å²) in [5.41, 5.74) is 2.99. The van der Waals surface area contributed by atoms with Crippen molar-refractivity contribution in [3.8, 4) is 0 Å². The smallest absolute Gasteiger partial charge is 0.185 e. The van der Waals surface area contributed by atoms with E-state index in [1.165, 1.54) is 30.5 Å². The molecule has 2 atom stereocenters. The Morgan fingerprint density at radius 1 is 1.29 bits per heavy atom. The maximum atomic E-state index is 8.50. The molecule has 17 heavy (non-hydrogen) atoms. The molecule has 1 aromatic heterocycles. The summed E-state index contributed by atoms with van der Waals surface area (Å²) >= 11 is 0. The molecule has 2 unspecified atom stereocenters. The molecule has 4 rings (SSSR count). The molecule has 0 radical (unpaired) electrons. The molecule has 0 amide bonds. The van der Waals surface area contributed by atoms with Crippen LogP contribution in [0.2, 0.25) is 0 Å². The number of hydrogen-bond donors (Lipinski definition) is 0. The van der Waals surface area contributed by atoms with Crippen LogP contribution in [0, 0.1) is 5.41 Å². The van der Waals surface area contributed by atoms with Crippen molar-refractivity contribution in [1.29, 1.82) is 0 Å². The maximum absolute atomic E-state index is 8.50. The van der Waals surface area contributed by atoms with Gasteiger partial charge in [0.15, 0.2) is 11.3 Å². The molecule has 1 N–H and O–H groups in total. The topological polar surface area (TPSA) is 39.7 Å². The van der Waals surface area contributed by atoms with E-state index in [1.807, 2.05) is 23.1 Å². The molecule has 1 aliphatic heterocycles. The van der Waals surface area contributed by atoms with Crippen LogP contribution in [0.25, 0.3) is 5.84 Å². The third-order valence-corrected chi connectivity index (χ3v) is 5.23. The Bertz CT molecular complexity index is 507. The van der Waals surface area contributed by atoms with Gasteiger partial charge in [0.25, 0.3) is 0 Å². The van der Waals surface area contributed by atoms with Crippen molar-refractivity contribution in [3.05, 3.63) is 35.9 Å². The molecular weight excluding hydrogens is 210 g/mol. The van der Waals surface area contributed by atoms with Crippen LogP contribution in [0.5, 0.6) is 0 Å². The number of fused-ring (bicyclic) bond motifs is 1. The van der Waals surface area contributed by atoms with Crippen LogP contribution in [-0.4, -0.2) is 15.4 Å². The van der Waals surface area contributed by atoms with Gasteiger partial charge >= 0.3 is 0 Å². The van der Waals surface area contributed by atoms with Crippen LogP contribution >= 0.6 is 0 Å². The second kappa shape index (κ2) is 2.89. The van der Waals surface area contributed by atoms with Gasteiger partial charge in [-0.25, -0.2) is 0 Å². The normalized spacial score (nSPS) is 38.8. The van der Waals surface area contributed by atoms with Crippen molar-refractivity contribution in [3.63, 3.8) is 0 Å². The number of hydrogen-bond acceptors (Lipinski definition) is 1. The van der Waals surface area contributed by atoms with E-state index >= 15 is 0 Å². The van der Waals surface area contributed by atoms with Gasteiger partial charge in [-0.2, -0.15) is 0 Å². The molecule has 3 heteroatoms. The predicted molar refractivity (Wildman–Crippen MR) is 65.6 cm³/mol. The summed E-state index contributed by atoms with van der Waals surface area (Å²) < 4.78 is 1.86. The lowest BCUT2D eigenvalue weighted by molar-refractivity contribution is -0.553. The van der Waals surface area contributed by atoms with E-state index in [2.05, 4.69) is 11.1 Å². The predicted octanol–water partition coefficient (Wildman–Crippen LogP) is 3.07. The highest BCUT2D eigenvalue weighted by Crippen LogP contribution is 2.62. The summed E-state index contributed by atoms with van der Waals surface area (Å²) in [7, 11) is 0. The van der Waals surface area contributed by atoms with Gasteiger partial charge in [-0.1, -0.05) is 0 Å². The summed E-state index contributed by atoms with van der Waals surface area (Å²) in [6, 6.07) is 4.15. The van der Waals surface area contributed by atoms with Gasteiger partial charge in [-0.3, -0.25) is 9.67 Å². The molecule has 2 saturated carbocycles. The number of rotatable bonds is 1. The van der Waals surface area contributed by atoms with Gasteiger partial charge in [0, 0.05) is 37.2 Å². The van der Waals surface area contributed by atoms with E-state index in [4.69, 9.17) is 5.84 Å². The van der Waals surface area contributed by atoms with Crippen molar-refractivity contribution in [2.75, 3.05) is 0 Å². The van der Waals surface area contributed by atoms with E-state index in [1.54, 1.807) is 0 Å². The Hall–Kier alpha value is -1.38. The quantitative estimate of drug-likeness (QED) is 0.680. The van der Waals surface area contributed by atoms with E-state index < -0.39 is 0 Å². The highest BCUT2D eigenvalue weighted by Gasteiger charge is 2.65. The maximum Gasteiger partial charge on any atom is 0.185 e. The molecule has 2 fully saturated rings. The molecule has 2 heterocycles. The summed E-state index contributed by atoms with van der Waals surface area (Å²) in [5, 5.41) is 0. The van der Waals surface area contributed by atoms with E-state index in [9.17, 15) is 0 Å². The number of aromatic nitrogens is 1. The molecule has 88 valence electrons. The molecular formula is C14H17N3. The average Bonchev–Trinajstić information content (AvgIpc) is 3.01. The van der Waals surface area contributed by atoms with E-state index in [0.29, 0.717) is 5.41 Å². The van der Waals surface area contributed by atoms with E-state index in [-0.39, 0.29) is 5.54 Å². The molecule has 1 aromatic rings. The lowest BCUT2D eigenvalue weighted by Gasteiger charge is -2.28. The van der Waals surface area contributed by atoms with Gasteiger partial charge in [-0.05, 0) is 31.4 Å². The minimum absolute atomic E-state index is 0.0516. The summed E-state index contributed by atoms with van der Waals surface area (Å²) in [6.07, 6.45) is 11.1. The minimum atomic E-state index is -0.0516. The summed E-state index contributed by atoms with van der Waals surface area (Å²) in [5.74, 6) is 8.50. The highest BCUT2D eigenvalue weighted by molar-refractivity contribution is 5.90. The third-order valence-electron chi connectivity index (χ3n) is 5.23. The fraction of sp³-hybridized carbons (Fsp3) is 0.571. The van der Waals surface area contributed by atoms with Crippen LogP contribution in [0.15, 0.2) is 24.5 Å². The van der Waals surface area contributed by atoms with Crippen LogP contribution in [0.1, 0.15) is 44.1 Å². The molecule has 3 nitrogen and oxygen atoms in total. The van der Waals surface area contributed by atoms with Gasteiger partial charge in [-0.15, -0.1) is 0 Å². The lowest BCUT2D eigenvalue weighted by Crippen LogP contribution is -2.34. The van der Waals surface area contributed by atoms with Crippen molar-refractivity contribution in [2.24, 2.45) is 5.41 Å². The molecule has 0 saturated heterocycles. The first kappa shape index (κ1) is 9.63. The SMILES string of the molecule is [NH-][N+]1=C2CCCC23CCC1(c1cccnc1)C3. The average molecular weight is 227 g/mol. The zero-order valence-corrected chi connectivity index (χ0v) is 9.95. The van der Waals surface area contributed by atoms with Crippen LogP contribution in [-0.2, 0) is 5.54 Å². The minimum Gasteiger partial charge on any atom is -0.454 e. The van der Waals surface area contributed by atoms with Crippen molar-refractivity contribution >= 4 is 5.71 Å². The van der Waals surface area contributed by atoms with Crippen molar-refractivity contribution < 1.29 is 4.68 Å². The second-order valence-corrected chi connectivity index (χ2v) is 5.87. The monoisotopic (exact) mass is 227 g/mol. The van der Waals surface area contributed by atoms with Crippen molar-refractivity contribution in [1.82, 2.24) is 4.98 Å². The summed E-state index contributed by atoms with van der Waals surface area (Å²) in [4.78, 5) is 4.25. The molecule has 1 spiro atoms. The summed E-state index contributed by atoms with van der Waals surface area (Å²) in [6.45, 7) is 0. The Kier molecular flexibility index (Phi) is 1.64. The highest BCUT2D eigenvalue weighted by atomic mass is 15.4. The lowest BCUT2D eigenvalue weighted by atomic mass is 9.83. The number of nitrogens with zero attached hydrogens (tertiary/aromatic N) is 2. The Labute approximate surface area is 101 Å². The van der Waals surface area contributed by atoms with Crippen LogP contribution in [0.3, 0.4) is 0 Å². The first-order valence-corrected chi connectivity index (χ1v) is 6.55. The third kappa shape index (κ3) is 0.985. The standard InChI is InChI=1S/C14H17N3/c15-17-12-4-1-5-13(12)6-7-14(17,10-13)11-3-2-8-16-9-11/h2-3,8-9,15H,1,4-7,10H2. The van der Waals surface area contributed by atoms with Crippen LogP contribution < -0.4 is 0 Å². The number of nitrogens with one attached hydrogen (secondary N) is 1. The first-order chi connectivity index (χ1) is 8.27. The fourth-order valence-corrected chi connectivity index (χ4v) is 4.46. The fourth-order valence-electron chi connectivity index (χ4n) is 4.46. The van der Waals surface area contributed by atoms with Gasteiger partial charge in [0.1, 0.15) is 0 Å². The second-order valence-electron chi connectivity index (χ2n) is 5.87. The largest absolute Gasteiger partial charge is 0.454 e. The molecule has 3 aliphatic rings. The zero-order valence-electron chi connectivity index (χ0n) is 9.95. The van der Waals surface area contributed by atoms with E-state index in [0.717, 1.165) is 19.3 Å². The molecule has 2 aliphatic carbocycles. The Morgan fingerprint density at radius 3 is 3.00 bits per heavy atom. The Balaban J connectivity index is 1.90. The van der Waals surface area contributed by atoms with Crippen LogP contribution in [0.4, 0.5) is 0 Å². The Morgan fingerprint density at radius 2 is 2.24 bits per heavy atom. The van der Waals surface area contributed by atoms with Crippen molar-refractivity contribution in [2.45, 2.75) is 44.1 Å². The molecule has 0 aromatic carbocycles. The molecule has 2 bridgehead atoms. The van der Waals surface area contributed by atoms with Gasteiger partial charge in [0.05, 0.1) is 5.41 Å².